The van der Waals surface area contributed by atoms with Crippen molar-refractivity contribution in [2.24, 2.45) is 0 Å². The molecular weight excluding hydrogens is 395 g/mol. The number of aliphatic hydroxyl groups excluding tert-OH is 1. The molecule has 2 atom stereocenters. The number of hydrogen-bond donors (Lipinski definition) is 2. The van der Waals surface area contributed by atoms with Gasteiger partial charge in [-0.3, -0.25) is 4.79 Å². The van der Waals surface area contributed by atoms with Crippen LogP contribution >= 0.6 is 0 Å². The Morgan fingerprint density at radius 1 is 1.33 bits per heavy atom. The molecule has 0 radical (unpaired) electrons. The molecule has 1 aromatic heterocycles. The Hall–Kier alpha value is -3.00. The number of halogens is 1. The van der Waals surface area contributed by atoms with E-state index in [-0.39, 0.29) is 37.6 Å². The highest BCUT2D eigenvalue weighted by molar-refractivity contribution is 5.47. The number of fused-ring (bicyclic) bond motifs is 1. The number of anilines is 1. The molecule has 2 N–H and O–H groups in total. The minimum absolute atomic E-state index is 0.0199. The molecule has 0 bridgehead atoms. The van der Waals surface area contributed by atoms with Crippen LogP contribution in [0.25, 0.3) is 0 Å². The first-order valence-corrected chi connectivity index (χ1v) is 9.30. The predicted molar refractivity (Wildman–Crippen MR) is 105 cm³/mol. The molecule has 0 saturated heterocycles. The summed E-state index contributed by atoms with van der Waals surface area (Å²) in [7, 11) is 2.95. The average Bonchev–Trinajstić information content (AvgIpc) is 2.72. The third kappa shape index (κ3) is 4.28. The van der Waals surface area contributed by atoms with Crippen molar-refractivity contribution in [1.29, 1.82) is 5.26 Å². The Morgan fingerprint density at radius 2 is 2.07 bits per heavy atom. The quantitative estimate of drug-likeness (QED) is 0.657. The van der Waals surface area contributed by atoms with E-state index in [0.717, 1.165) is 4.68 Å². The Morgan fingerprint density at radius 3 is 2.73 bits per heavy atom. The molecule has 2 aromatic rings. The van der Waals surface area contributed by atoms with Crippen LogP contribution in [0.2, 0.25) is 0 Å². The van der Waals surface area contributed by atoms with Gasteiger partial charge in [0.25, 0.3) is 5.56 Å². The number of benzene rings is 1. The average molecular weight is 418 g/mol. The summed E-state index contributed by atoms with van der Waals surface area (Å²) in [4.78, 5) is 12.0. The molecule has 2 unspecified atom stereocenters. The molecule has 0 amide bonds. The van der Waals surface area contributed by atoms with Gasteiger partial charge >= 0.3 is 0 Å². The van der Waals surface area contributed by atoms with Gasteiger partial charge in [-0.25, -0.2) is 9.07 Å². The number of rotatable bonds is 8. The lowest BCUT2D eigenvalue weighted by Crippen LogP contribution is -2.60. The summed E-state index contributed by atoms with van der Waals surface area (Å²) < 4.78 is 31.7. The molecule has 0 aliphatic carbocycles. The molecule has 3 rings (SSSR count). The molecule has 0 spiro atoms. The van der Waals surface area contributed by atoms with E-state index >= 15 is 0 Å². The Labute approximate surface area is 172 Å². The van der Waals surface area contributed by atoms with Gasteiger partial charge in [-0.05, 0) is 24.3 Å². The molecular formula is C20H23FN4O5. The molecule has 30 heavy (non-hydrogen) atoms. The van der Waals surface area contributed by atoms with Crippen molar-refractivity contribution in [1.82, 2.24) is 9.78 Å². The number of nitrogens with zero attached hydrogens (tertiary/aromatic N) is 3. The van der Waals surface area contributed by atoms with Crippen LogP contribution in [-0.4, -0.2) is 54.0 Å². The molecule has 160 valence electrons. The number of hydrogen-bond acceptors (Lipinski definition) is 8. The summed E-state index contributed by atoms with van der Waals surface area (Å²) in [5, 5.41) is 27.2. The van der Waals surface area contributed by atoms with Crippen molar-refractivity contribution in [2.45, 2.75) is 30.7 Å². The van der Waals surface area contributed by atoms with Gasteiger partial charge in [0.05, 0.1) is 38.3 Å². The second kappa shape index (κ2) is 9.21. The number of aliphatic hydroxyl groups is 1. The first-order chi connectivity index (χ1) is 14.4. The van der Waals surface area contributed by atoms with Gasteiger partial charge in [0.15, 0.2) is 5.60 Å². The smallest absolute Gasteiger partial charge is 0.266 e. The Balaban J connectivity index is 2.02. The molecule has 1 aliphatic heterocycles. The second-order valence-corrected chi connectivity index (χ2v) is 6.97. The first-order valence-electron chi connectivity index (χ1n) is 9.30. The normalized spacial score (nSPS) is 19.4. The molecule has 9 nitrogen and oxygen atoms in total. The van der Waals surface area contributed by atoms with Crippen LogP contribution in [0, 0.1) is 17.1 Å². The van der Waals surface area contributed by atoms with Crippen molar-refractivity contribution >= 4 is 5.82 Å². The van der Waals surface area contributed by atoms with Crippen LogP contribution in [-0.2, 0) is 16.0 Å². The van der Waals surface area contributed by atoms with Gasteiger partial charge in [-0.2, -0.15) is 10.4 Å². The van der Waals surface area contributed by atoms with Crippen molar-refractivity contribution < 1.29 is 23.7 Å². The summed E-state index contributed by atoms with van der Waals surface area (Å²) >= 11 is 0. The van der Waals surface area contributed by atoms with Crippen LogP contribution in [0.15, 0.2) is 35.1 Å². The minimum Gasteiger partial charge on any atom is -0.479 e. The maximum Gasteiger partial charge on any atom is 0.266 e. The number of nitriles is 1. The lowest BCUT2D eigenvalue weighted by atomic mass is 9.84. The van der Waals surface area contributed by atoms with Crippen LogP contribution in [0.3, 0.4) is 0 Å². The third-order valence-electron chi connectivity index (χ3n) is 4.86. The van der Waals surface area contributed by atoms with Gasteiger partial charge in [-0.1, -0.05) is 0 Å². The highest BCUT2D eigenvalue weighted by Crippen LogP contribution is 2.42. The van der Waals surface area contributed by atoms with Crippen molar-refractivity contribution in [3.05, 3.63) is 52.1 Å². The van der Waals surface area contributed by atoms with Crippen molar-refractivity contribution in [3.63, 3.8) is 0 Å². The molecule has 1 aliphatic rings. The summed E-state index contributed by atoms with van der Waals surface area (Å²) in [6.45, 7) is 0.169. The van der Waals surface area contributed by atoms with Gasteiger partial charge in [0, 0.05) is 25.8 Å². The molecule has 0 saturated carbocycles. The Kier molecular flexibility index (Phi) is 6.66. The van der Waals surface area contributed by atoms with E-state index in [1.807, 2.05) is 6.07 Å². The van der Waals surface area contributed by atoms with E-state index in [1.165, 1.54) is 44.6 Å². The summed E-state index contributed by atoms with van der Waals surface area (Å²) in [5.41, 5.74) is -1.22. The first kappa shape index (κ1) is 21.7. The predicted octanol–water partition coefficient (Wildman–Crippen LogP) is 1.23. The van der Waals surface area contributed by atoms with E-state index in [9.17, 15) is 14.3 Å². The third-order valence-corrected chi connectivity index (χ3v) is 4.86. The SMILES string of the molecule is COCC1(COC)Oc2ccc(F)cc2C(Nc2ccc(=O)n(CCC#N)n2)C1O. The van der Waals surface area contributed by atoms with Crippen LogP contribution in [0.5, 0.6) is 5.75 Å². The highest BCUT2D eigenvalue weighted by Gasteiger charge is 2.50. The van der Waals surface area contributed by atoms with E-state index in [1.54, 1.807) is 0 Å². The topological polar surface area (TPSA) is 119 Å². The maximum atomic E-state index is 14.0. The van der Waals surface area contributed by atoms with Gasteiger partial charge < -0.3 is 24.6 Å². The van der Waals surface area contributed by atoms with Gasteiger partial charge in [-0.15, -0.1) is 0 Å². The van der Waals surface area contributed by atoms with E-state index < -0.39 is 23.6 Å². The van der Waals surface area contributed by atoms with E-state index in [0.29, 0.717) is 11.3 Å². The van der Waals surface area contributed by atoms with E-state index in [4.69, 9.17) is 19.5 Å². The zero-order valence-electron chi connectivity index (χ0n) is 16.7. The maximum absolute atomic E-state index is 14.0. The van der Waals surface area contributed by atoms with Gasteiger partial charge in [0.1, 0.15) is 23.5 Å². The number of nitrogens with one attached hydrogen (secondary N) is 1. The summed E-state index contributed by atoms with van der Waals surface area (Å²) in [6.07, 6.45) is -1.08. The van der Waals surface area contributed by atoms with Crippen molar-refractivity contribution in [3.8, 4) is 11.8 Å². The van der Waals surface area contributed by atoms with Crippen LogP contribution < -0.4 is 15.6 Å². The fraction of sp³-hybridized carbons (Fsp3) is 0.450. The van der Waals surface area contributed by atoms with Crippen molar-refractivity contribution in [2.75, 3.05) is 32.8 Å². The standard InChI is InChI=1S/C20H23FN4O5/c1-28-11-20(12-29-2)19(27)18(14-10-13(21)4-5-15(14)30-20)23-16-6-7-17(26)25(24-16)9-3-8-22/h4-7,10,18-19,27H,3,9,11-12H2,1-2H3,(H,23,24). The molecule has 0 fully saturated rings. The number of methoxy groups -OCH3 is 2. The lowest BCUT2D eigenvalue weighted by molar-refractivity contribution is -0.142. The Bertz CT molecular complexity index is 984. The number of aromatic nitrogens is 2. The zero-order valence-corrected chi connectivity index (χ0v) is 16.7. The molecule has 2 heterocycles. The molecule has 10 heteroatoms. The summed E-state index contributed by atoms with van der Waals surface area (Å²) in [6, 6.07) is 7.91. The van der Waals surface area contributed by atoms with Crippen LogP contribution in [0.4, 0.5) is 10.2 Å². The monoisotopic (exact) mass is 418 g/mol. The zero-order chi connectivity index (χ0) is 21.7. The summed E-state index contributed by atoms with van der Waals surface area (Å²) in [5.74, 6) is 0.151. The van der Waals surface area contributed by atoms with E-state index in [2.05, 4.69) is 10.4 Å². The molecule has 1 aromatic carbocycles. The van der Waals surface area contributed by atoms with Crippen LogP contribution in [0.1, 0.15) is 18.0 Å². The largest absolute Gasteiger partial charge is 0.479 e. The second-order valence-electron chi connectivity index (χ2n) is 6.97. The fourth-order valence-electron chi connectivity index (χ4n) is 3.53. The fourth-order valence-corrected chi connectivity index (χ4v) is 3.53. The highest BCUT2D eigenvalue weighted by atomic mass is 19.1. The lowest BCUT2D eigenvalue weighted by Gasteiger charge is -2.45. The number of aryl methyl sites for hydroxylation is 1. The van der Waals surface area contributed by atoms with Gasteiger partial charge in [0.2, 0.25) is 0 Å². The number of ether oxygens (including phenoxy) is 3. The minimum atomic E-state index is -1.25.